The first-order chi connectivity index (χ1) is 11.5. The monoisotopic (exact) mass is 340 g/mol. The lowest BCUT2D eigenvalue weighted by Gasteiger charge is -2.25. The van der Waals surface area contributed by atoms with Gasteiger partial charge in [-0.25, -0.2) is 4.99 Å². The standard InChI is InChI=1S/C18H36N4O2/c1-15(2)14-24-12-8-11-19-18(20-13-17(23)22(3)4)21-16-9-6-5-7-10-16/h15-16H,5-14H2,1-4H3,(H2,19,20,21). The first-order valence-corrected chi connectivity index (χ1v) is 9.31. The van der Waals surface area contributed by atoms with Crippen molar-refractivity contribution in [2.24, 2.45) is 10.9 Å². The number of aliphatic imine (C=N–C) groups is 1. The molecule has 24 heavy (non-hydrogen) atoms. The van der Waals surface area contributed by atoms with Gasteiger partial charge < -0.3 is 20.3 Å². The summed E-state index contributed by atoms with van der Waals surface area (Å²) < 4.78 is 5.60. The van der Waals surface area contributed by atoms with E-state index in [1.165, 1.54) is 32.1 Å². The van der Waals surface area contributed by atoms with Gasteiger partial charge in [-0.2, -0.15) is 0 Å². The molecule has 140 valence electrons. The number of amides is 1. The van der Waals surface area contributed by atoms with Gasteiger partial charge in [-0.3, -0.25) is 4.79 Å². The molecule has 0 saturated heterocycles. The average molecular weight is 341 g/mol. The van der Waals surface area contributed by atoms with E-state index in [0.717, 1.165) is 32.1 Å². The highest BCUT2D eigenvalue weighted by Crippen LogP contribution is 2.17. The first-order valence-electron chi connectivity index (χ1n) is 9.31. The molecule has 0 aromatic rings. The Hall–Kier alpha value is -1.30. The second-order valence-corrected chi connectivity index (χ2v) is 7.18. The Morgan fingerprint density at radius 1 is 1.25 bits per heavy atom. The highest BCUT2D eigenvalue weighted by molar-refractivity contribution is 5.84. The largest absolute Gasteiger partial charge is 0.381 e. The highest BCUT2D eigenvalue weighted by atomic mass is 16.5. The zero-order chi connectivity index (χ0) is 17.8. The number of guanidine groups is 1. The quantitative estimate of drug-likeness (QED) is 0.383. The third-order valence-electron chi connectivity index (χ3n) is 4.03. The van der Waals surface area contributed by atoms with Gasteiger partial charge in [0, 0.05) is 39.9 Å². The van der Waals surface area contributed by atoms with Crippen LogP contribution in [0.4, 0.5) is 0 Å². The minimum atomic E-state index is 0.0139. The van der Waals surface area contributed by atoms with Crippen LogP contribution in [0.15, 0.2) is 4.99 Å². The maximum Gasteiger partial charge on any atom is 0.243 e. The molecule has 0 aromatic carbocycles. The Morgan fingerprint density at radius 2 is 1.96 bits per heavy atom. The molecule has 0 atom stereocenters. The number of nitrogens with one attached hydrogen (secondary N) is 2. The van der Waals surface area contributed by atoms with Crippen LogP contribution in [0.1, 0.15) is 52.4 Å². The third-order valence-corrected chi connectivity index (χ3v) is 4.03. The average Bonchev–Trinajstić information content (AvgIpc) is 2.55. The number of carbonyl (C=O) groups excluding carboxylic acids is 1. The molecule has 0 aliphatic heterocycles. The summed E-state index contributed by atoms with van der Waals surface area (Å²) in [6.45, 7) is 6.83. The van der Waals surface area contributed by atoms with E-state index in [1.807, 2.05) is 0 Å². The smallest absolute Gasteiger partial charge is 0.243 e. The van der Waals surface area contributed by atoms with Crippen LogP contribution < -0.4 is 10.6 Å². The van der Waals surface area contributed by atoms with Crippen LogP contribution in [0.3, 0.4) is 0 Å². The van der Waals surface area contributed by atoms with Crippen molar-refractivity contribution in [3.8, 4) is 0 Å². The molecule has 6 nitrogen and oxygen atoms in total. The minimum Gasteiger partial charge on any atom is -0.381 e. The molecule has 0 radical (unpaired) electrons. The normalized spacial score (nSPS) is 16.3. The predicted octanol–water partition coefficient (Wildman–Crippen LogP) is 2.01. The number of hydrogen-bond acceptors (Lipinski definition) is 3. The fourth-order valence-electron chi connectivity index (χ4n) is 2.58. The third kappa shape index (κ3) is 9.75. The van der Waals surface area contributed by atoms with Crippen LogP contribution in [0.25, 0.3) is 0 Å². The number of hydrogen-bond donors (Lipinski definition) is 2. The number of likely N-dealkylation sites (N-methyl/N-ethyl adjacent to an activating group) is 1. The van der Waals surface area contributed by atoms with Crippen molar-refractivity contribution in [3.05, 3.63) is 0 Å². The lowest BCUT2D eigenvalue weighted by Crippen LogP contribution is -2.45. The van der Waals surface area contributed by atoms with E-state index in [1.54, 1.807) is 19.0 Å². The number of ether oxygens (including phenoxy) is 1. The van der Waals surface area contributed by atoms with Crippen LogP contribution in [0, 0.1) is 5.92 Å². The van der Waals surface area contributed by atoms with Gasteiger partial charge >= 0.3 is 0 Å². The van der Waals surface area contributed by atoms with Gasteiger partial charge in [0.1, 0.15) is 6.54 Å². The van der Waals surface area contributed by atoms with Gasteiger partial charge in [-0.05, 0) is 25.2 Å². The maximum absolute atomic E-state index is 11.8. The van der Waals surface area contributed by atoms with Crippen LogP contribution in [0.5, 0.6) is 0 Å². The van der Waals surface area contributed by atoms with E-state index in [-0.39, 0.29) is 12.5 Å². The molecular formula is C18H36N4O2. The Morgan fingerprint density at radius 3 is 2.58 bits per heavy atom. The Balaban J connectivity index is 2.38. The van der Waals surface area contributed by atoms with Crippen LogP contribution in [-0.2, 0) is 9.53 Å². The molecule has 2 N–H and O–H groups in total. The summed E-state index contributed by atoms with van der Waals surface area (Å²) in [6, 6.07) is 0.469. The summed E-state index contributed by atoms with van der Waals surface area (Å²) >= 11 is 0. The summed E-state index contributed by atoms with van der Waals surface area (Å²) in [4.78, 5) is 17.8. The Labute approximate surface area is 147 Å². The SMILES string of the molecule is CC(C)COCCCNC(=NCC(=O)N(C)C)NC1CCCCC1. The summed E-state index contributed by atoms with van der Waals surface area (Å²) in [5.41, 5.74) is 0. The second-order valence-electron chi connectivity index (χ2n) is 7.18. The molecule has 1 saturated carbocycles. The summed E-state index contributed by atoms with van der Waals surface area (Å²) in [5.74, 6) is 1.33. The lowest BCUT2D eigenvalue weighted by molar-refractivity contribution is -0.127. The number of rotatable bonds is 9. The van der Waals surface area contributed by atoms with Crippen molar-refractivity contribution in [1.29, 1.82) is 0 Å². The molecule has 0 aromatic heterocycles. The molecule has 1 rings (SSSR count). The summed E-state index contributed by atoms with van der Waals surface area (Å²) in [5, 5.41) is 6.82. The molecule has 1 aliphatic carbocycles. The van der Waals surface area contributed by atoms with Crippen molar-refractivity contribution in [3.63, 3.8) is 0 Å². The predicted molar refractivity (Wildman–Crippen MR) is 99.3 cm³/mol. The van der Waals surface area contributed by atoms with E-state index in [0.29, 0.717) is 12.0 Å². The molecule has 0 bridgehead atoms. The van der Waals surface area contributed by atoms with Crippen LogP contribution in [-0.4, -0.2) is 63.2 Å². The van der Waals surface area contributed by atoms with Gasteiger partial charge in [-0.1, -0.05) is 33.1 Å². The second kappa shape index (κ2) is 12.1. The molecule has 1 amide bonds. The Kier molecular flexibility index (Phi) is 10.5. The zero-order valence-electron chi connectivity index (χ0n) is 15.9. The molecular weight excluding hydrogens is 304 g/mol. The number of nitrogens with zero attached hydrogens (tertiary/aromatic N) is 2. The molecule has 0 heterocycles. The van der Waals surface area contributed by atoms with Crippen molar-refractivity contribution in [2.75, 3.05) is 40.4 Å². The summed E-state index contributed by atoms with van der Waals surface area (Å²) in [6.07, 6.45) is 7.15. The fraction of sp³-hybridized carbons (Fsp3) is 0.889. The highest BCUT2D eigenvalue weighted by Gasteiger charge is 2.15. The molecule has 1 aliphatic rings. The van der Waals surface area contributed by atoms with Gasteiger partial charge in [-0.15, -0.1) is 0 Å². The van der Waals surface area contributed by atoms with Crippen molar-refractivity contribution < 1.29 is 9.53 Å². The van der Waals surface area contributed by atoms with Crippen molar-refractivity contribution >= 4 is 11.9 Å². The van der Waals surface area contributed by atoms with Crippen molar-refractivity contribution in [1.82, 2.24) is 15.5 Å². The van der Waals surface area contributed by atoms with Gasteiger partial charge in [0.2, 0.25) is 5.91 Å². The summed E-state index contributed by atoms with van der Waals surface area (Å²) in [7, 11) is 3.51. The van der Waals surface area contributed by atoms with E-state index in [9.17, 15) is 4.79 Å². The van der Waals surface area contributed by atoms with Crippen LogP contribution >= 0.6 is 0 Å². The zero-order valence-corrected chi connectivity index (χ0v) is 15.9. The molecule has 0 unspecified atom stereocenters. The topological polar surface area (TPSA) is 66.0 Å². The number of carbonyl (C=O) groups is 1. The van der Waals surface area contributed by atoms with E-state index in [2.05, 4.69) is 29.5 Å². The fourth-order valence-corrected chi connectivity index (χ4v) is 2.58. The molecule has 1 fully saturated rings. The van der Waals surface area contributed by atoms with E-state index >= 15 is 0 Å². The van der Waals surface area contributed by atoms with E-state index in [4.69, 9.17) is 4.74 Å². The minimum absolute atomic E-state index is 0.0139. The molecule has 0 spiro atoms. The van der Waals surface area contributed by atoms with Gasteiger partial charge in [0.15, 0.2) is 5.96 Å². The lowest BCUT2D eigenvalue weighted by atomic mass is 9.96. The maximum atomic E-state index is 11.8. The van der Waals surface area contributed by atoms with E-state index < -0.39 is 0 Å². The molecule has 6 heteroatoms. The van der Waals surface area contributed by atoms with Gasteiger partial charge in [0.05, 0.1) is 0 Å². The first kappa shape index (κ1) is 20.7. The Bertz CT molecular complexity index is 377. The van der Waals surface area contributed by atoms with Crippen LogP contribution in [0.2, 0.25) is 0 Å². The van der Waals surface area contributed by atoms with Crippen molar-refractivity contribution in [2.45, 2.75) is 58.4 Å². The van der Waals surface area contributed by atoms with Gasteiger partial charge in [0.25, 0.3) is 0 Å².